The first kappa shape index (κ1) is 14.4. The van der Waals surface area contributed by atoms with Crippen LogP contribution in [0.15, 0.2) is 39.3 Å². The van der Waals surface area contributed by atoms with E-state index in [4.69, 9.17) is 16.3 Å². The molecule has 1 aliphatic rings. The van der Waals surface area contributed by atoms with Crippen LogP contribution in [0.3, 0.4) is 0 Å². The first-order chi connectivity index (χ1) is 9.56. The van der Waals surface area contributed by atoms with Gasteiger partial charge in [-0.15, -0.1) is 0 Å². The van der Waals surface area contributed by atoms with Crippen molar-refractivity contribution >= 4 is 43.5 Å². The number of fused-ring (bicyclic) bond motifs is 1. The molecule has 0 saturated heterocycles. The highest BCUT2D eigenvalue weighted by molar-refractivity contribution is 9.10. The maximum Gasteiger partial charge on any atom is 0.128 e. The fraction of sp³-hybridized carbons (Fsp3) is 0.200. The molecule has 2 nitrogen and oxygen atoms in total. The molecule has 1 N–H and O–H groups in total. The van der Waals surface area contributed by atoms with Crippen LogP contribution in [0.25, 0.3) is 0 Å². The van der Waals surface area contributed by atoms with Crippen LogP contribution < -0.4 is 4.74 Å². The largest absolute Gasteiger partial charge is 0.493 e. The minimum atomic E-state index is -0.815. The number of benzene rings is 2. The van der Waals surface area contributed by atoms with Crippen LogP contribution in [-0.4, -0.2) is 11.7 Å². The molecule has 0 amide bonds. The Morgan fingerprint density at radius 2 is 1.85 bits per heavy atom. The molecule has 0 saturated carbocycles. The lowest BCUT2D eigenvalue weighted by Gasteiger charge is -2.17. The Labute approximate surface area is 139 Å². The fourth-order valence-electron chi connectivity index (χ4n) is 2.39. The van der Waals surface area contributed by atoms with Crippen LogP contribution in [0.5, 0.6) is 5.75 Å². The SMILES string of the molecule is OC(c1cc(Br)ccc1Cl)c1cc(Br)cc2c1OCC2. The first-order valence-corrected chi connectivity index (χ1v) is 8.11. The van der Waals surface area contributed by atoms with Crippen molar-refractivity contribution in [2.24, 2.45) is 0 Å². The molecule has 1 atom stereocenters. The average molecular weight is 419 g/mol. The standard InChI is InChI=1S/C15H11Br2ClO2/c16-9-1-2-13(18)11(6-9)14(19)12-7-10(17)5-8-3-4-20-15(8)12/h1-2,5-7,14,19H,3-4H2. The molecule has 0 spiro atoms. The van der Waals surface area contributed by atoms with E-state index in [1.807, 2.05) is 24.3 Å². The summed E-state index contributed by atoms with van der Waals surface area (Å²) >= 11 is 13.1. The highest BCUT2D eigenvalue weighted by Gasteiger charge is 2.24. The van der Waals surface area contributed by atoms with Gasteiger partial charge >= 0.3 is 0 Å². The van der Waals surface area contributed by atoms with Crippen LogP contribution in [0, 0.1) is 0 Å². The molecule has 0 aromatic heterocycles. The Kier molecular flexibility index (Phi) is 4.09. The second kappa shape index (κ2) is 5.68. The predicted octanol–water partition coefficient (Wildman–Crippen LogP) is 4.88. The van der Waals surface area contributed by atoms with Gasteiger partial charge in [0.25, 0.3) is 0 Å². The van der Waals surface area contributed by atoms with E-state index >= 15 is 0 Å². The Balaban J connectivity index is 2.11. The van der Waals surface area contributed by atoms with E-state index in [0.29, 0.717) is 17.2 Å². The van der Waals surface area contributed by atoms with Gasteiger partial charge in [-0.05, 0) is 35.9 Å². The number of halogens is 3. The molecule has 5 heteroatoms. The summed E-state index contributed by atoms with van der Waals surface area (Å²) in [6.07, 6.45) is 0.0464. The average Bonchev–Trinajstić information content (AvgIpc) is 2.87. The third kappa shape index (κ3) is 2.62. The van der Waals surface area contributed by atoms with Gasteiger partial charge in [0.15, 0.2) is 0 Å². The molecule has 0 fully saturated rings. The van der Waals surface area contributed by atoms with Gasteiger partial charge < -0.3 is 9.84 Å². The molecule has 3 rings (SSSR count). The summed E-state index contributed by atoms with van der Waals surface area (Å²) in [6.45, 7) is 0.651. The summed E-state index contributed by atoms with van der Waals surface area (Å²) in [5.41, 5.74) is 2.52. The van der Waals surface area contributed by atoms with E-state index in [2.05, 4.69) is 31.9 Å². The molecule has 1 unspecified atom stereocenters. The number of aliphatic hydroxyl groups excluding tert-OH is 1. The Bertz CT molecular complexity index is 673. The lowest BCUT2D eigenvalue weighted by atomic mass is 9.98. The second-order valence-corrected chi connectivity index (χ2v) is 6.89. The van der Waals surface area contributed by atoms with Gasteiger partial charge in [0.2, 0.25) is 0 Å². The fourth-order valence-corrected chi connectivity index (χ4v) is 3.52. The van der Waals surface area contributed by atoms with Gasteiger partial charge in [0.05, 0.1) is 6.61 Å². The highest BCUT2D eigenvalue weighted by atomic mass is 79.9. The van der Waals surface area contributed by atoms with E-state index in [-0.39, 0.29) is 0 Å². The summed E-state index contributed by atoms with van der Waals surface area (Å²) in [5.74, 6) is 0.775. The Morgan fingerprint density at radius 3 is 2.65 bits per heavy atom. The molecule has 104 valence electrons. The molecule has 0 radical (unpaired) electrons. The summed E-state index contributed by atoms with van der Waals surface area (Å²) in [5, 5.41) is 11.2. The van der Waals surface area contributed by atoms with Gasteiger partial charge in [-0.1, -0.05) is 43.5 Å². The molecule has 2 aromatic carbocycles. The van der Waals surface area contributed by atoms with Crippen LogP contribution in [-0.2, 0) is 6.42 Å². The number of ether oxygens (including phenoxy) is 1. The van der Waals surface area contributed by atoms with E-state index < -0.39 is 6.10 Å². The first-order valence-electron chi connectivity index (χ1n) is 6.14. The smallest absolute Gasteiger partial charge is 0.128 e. The van der Waals surface area contributed by atoms with Crippen molar-refractivity contribution in [2.45, 2.75) is 12.5 Å². The van der Waals surface area contributed by atoms with Crippen LogP contribution in [0.1, 0.15) is 22.8 Å². The molecule has 0 bridgehead atoms. The van der Waals surface area contributed by atoms with Crippen LogP contribution in [0.2, 0.25) is 5.02 Å². The van der Waals surface area contributed by atoms with Gasteiger partial charge in [-0.25, -0.2) is 0 Å². The lowest BCUT2D eigenvalue weighted by Crippen LogP contribution is -2.03. The van der Waals surface area contributed by atoms with E-state index in [1.54, 1.807) is 6.07 Å². The maximum absolute atomic E-state index is 10.7. The Hall–Kier alpha value is -0.550. The van der Waals surface area contributed by atoms with Crippen molar-refractivity contribution in [3.05, 3.63) is 61.0 Å². The van der Waals surface area contributed by atoms with Gasteiger partial charge in [0, 0.05) is 31.5 Å². The van der Waals surface area contributed by atoms with Gasteiger partial charge in [0.1, 0.15) is 11.9 Å². The quantitative estimate of drug-likeness (QED) is 0.753. The van der Waals surface area contributed by atoms with Crippen LogP contribution >= 0.6 is 43.5 Å². The number of hydrogen-bond donors (Lipinski definition) is 1. The molecule has 20 heavy (non-hydrogen) atoms. The molecule has 2 aromatic rings. The molecule has 1 aliphatic heterocycles. The van der Waals surface area contributed by atoms with Crippen molar-refractivity contribution in [1.29, 1.82) is 0 Å². The molecular weight excluding hydrogens is 407 g/mol. The lowest BCUT2D eigenvalue weighted by molar-refractivity contribution is 0.213. The summed E-state index contributed by atoms with van der Waals surface area (Å²) in [6, 6.07) is 9.35. The summed E-state index contributed by atoms with van der Waals surface area (Å²) in [4.78, 5) is 0. The summed E-state index contributed by atoms with van der Waals surface area (Å²) in [7, 11) is 0. The zero-order chi connectivity index (χ0) is 14.3. The molecule has 1 heterocycles. The molecule has 0 aliphatic carbocycles. The van der Waals surface area contributed by atoms with Crippen molar-refractivity contribution in [3.63, 3.8) is 0 Å². The predicted molar refractivity (Wildman–Crippen MR) is 86.6 cm³/mol. The van der Waals surface area contributed by atoms with E-state index in [1.165, 1.54) is 0 Å². The zero-order valence-corrected chi connectivity index (χ0v) is 14.3. The summed E-state index contributed by atoms with van der Waals surface area (Å²) < 4.78 is 7.47. The normalized spacial score (nSPS) is 14.8. The third-order valence-corrected chi connectivity index (χ3v) is 4.62. The minimum absolute atomic E-state index is 0.535. The Morgan fingerprint density at radius 1 is 1.10 bits per heavy atom. The van der Waals surface area contributed by atoms with Gasteiger partial charge in [-0.2, -0.15) is 0 Å². The number of rotatable bonds is 2. The van der Waals surface area contributed by atoms with Crippen LogP contribution in [0.4, 0.5) is 0 Å². The zero-order valence-electron chi connectivity index (χ0n) is 10.4. The molecular formula is C15H11Br2ClO2. The number of hydrogen-bond acceptors (Lipinski definition) is 2. The van der Waals surface area contributed by atoms with Gasteiger partial charge in [-0.3, -0.25) is 0 Å². The highest BCUT2D eigenvalue weighted by Crippen LogP contribution is 2.40. The van der Waals surface area contributed by atoms with Crippen molar-refractivity contribution in [3.8, 4) is 5.75 Å². The monoisotopic (exact) mass is 416 g/mol. The maximum atomic E-state index is 10.7. The minimum Gasteiger partial charge on any atom is -0.493 e. The van der Waals surface area contributed by atoms with E-state index in [0.717, 1.165) is 32.2 Å². The van der Waals surface area contributed by atoms with Crippen molar-refractivity contribution < 1.29 is 9.84 Å². The van der Waals surface area contributed by atoms with E-state index in [9.17, 15) is 5.11 Å². The van der Waals surface area contributed by atoms with Crippen molar-refractivity contribution in [2.75, 3.05) is 6.61 Å². The number of aliphatic hydroxyl groups is 1. The topological polar surface area (TPSA) is 29.5 Å². The second-order valence-electron chi connectivity index (χ2n) is 4.65. The third-order valence-electron chi connectivity index (χ3n) is 3.32. The van der Waals surface area contributed by atoms with Crippen molar-refractivity contribution in [1.82, 2.24) is 0 Å².